The fourth-order valence-corrected chi connectivity index (χ4v) is 2.14. The number of carbonyl (C=O) groups is 1. The minimum Gasteiger partial charge on any atom is -0.443 e. The molecule has 2 aromatic rings. The number of aryl methyl sites for hydroxylation is 2. The minimum absolute atomic E-state index is 0.379. The van der Waals surface area contributed by atoms with Crippen LogP contribution in [0.25, 0.3) is 0 Å². The SMILES string of the molecule is Cc1ccc(N)cc1Nc1ncc(C)c(N(C)C(=O)OC(C)(C)C)n1. The van der Waals surface area contributed by atoms with Gasteiger partial charge in [-0.15, -0.1) is 0 Å². The number of carbonyl (C=O) groups excluding carboxylic acids is 1. The maximum atomic E-state index is 12.3. The Hall–Kier alpha value is -2.83. The van der Waals surface area contributed by atoms with Gasteiger partial charge >= 0.3 is 6.09 Å². The monoisotopic (exact) mass is 343 g/mol. The largest absolute Gasteiger partial charge is 0.443 e. The molecule has 0 unspecified atom stereocenters. The lowest BCUT2D eigenvalue weighted by atomic mass is 10.2. The number of rotatable bonds is 3. The van der Waals surface area contributed by atoms with E-state index in [9.17, 15) is 4.79 Å². The number of hydrogen-bond donors (Lipinski definition) is 2. The van der Waals surface area contributed by atoms with E-state index < -0.39 is 11.7 Å². The van der Waals surface area contributed by atoms with Crippen LogP contribution in [0.1, 0.15) is 31.9 Å². The van der Waals surface area contributed by atoms with Crippen molar-refractivity contribution in [3.8, 4) is 0 Å². The van der Waals surface area contributed by atoms with Crippen LogP contribution >= 0.6 is 0 Å². The van der Waals surface area contributed by atoms with Gasteiger partial charge < -0.3 is 15.8 Å². The molecule has 0 fully saturated rings. The molecule has 0 spiro atoms. The van der Waals surface area contributed by atoms with Crippen molar-refractivity contribution in [1.29, 1.82) is 0 Å². The van der Waals surface area contributed by atoms with Crippen LogP contribution in [0.2, 0.25) is 0 Å². The van der Waals surface area contributed by atoms with Gasteiger partial charge in [-0.05, 0) is 52.3 Å². The number of hydrogen-bond acceptors (Lipinski definition) is 6. The van der Waals surface area contributed by atoms with E-state index in [2.05, 4.69) is 15.3 Å². The molecule has 7 nitrogen and oxygen atoms in total. The van der Waals surface area contributed by atoms with Crippen LogP contribution in [0.3, 0.4) is 0 Å². The molecule has 3 N–H and O–H groups in total. The fraction of sp³-hybridized carbons (Fsp3) is 0.389. The molecule has 134 valence electrons. The topological polar surface area (TPSA) is 93.4 Å². The highest BCUT2D eigenvalue weighted by Crippen LogP contribution is 2.24. The molecule has 1 aromatic carbocycles. The lowest BCUT2D eigenvalue weighted by molar-refractivity contribution is 0.0588. The predicted octanol–water partition coefficient (Wildman–Crippen LogP) is 3.79. The van der Waals surface area contributed by atoms with Crippen molar-refractivity contribution >= 4 is 29.2 Å². The fourth-order valence-electron chi connectivity index (χ4n) is 2.14. The van der Waals surface area contributed by atoms with E-state index in [1.165, 1.54) is 4.90 Å². The quantitative estimate of drug-likeness (QED) is 0.824. The van der Waals surface area contributed by atoms with Crippen LogP contribution in [0.15, 0.2) is 24.4 Å². The third-order valence-electron chi connectivity index (χ3n) is 3.44. The van der Waals surface area contributed by atoms with Gasteiger partial charge in [0.1, 0.15) is 11.4 Å². The van der Waals surface area contributed by atoms with E-state index >= 15 is 0 Å². The molecule has 0 saturated heterocycles. The number of amides is 1. The average molecular weight is 343 g/mol. The van der Waals surface area contributed by atoms with Gasteiger partial charge in [-0.3, -0.25) is 4.90 Å². The van der Waals surface area contributed by atoms with Crippen LogP contribution in [-0.4, -0.2) is 28.7 Å². The Balaban J connectivity index is 2.28. The second-order valence-corrected chi connectivity index (χ2v) is 6.94. The minimum atomic E-state index is -0.577. The van der Waals surface area contributed by atoms with Crippen LogP contribution in [0.5, 0.6) is 0 Å². The summed E-state index contributed by atoms with van der Waals surface area (Å²) >= 11 is 0. The molecule has 0 atom stereocenters. The maximum Gasteiger partial charge on any atom is 0.415 e. The molecule has 1 heterocycles. The number of nitrogens with one attached hydrogen (secondary N) is 1. The summed E-state index contributed by atoms with van der Waals surface area (Å²) in [4.78, 5) is 22.4. The molecule has 0 aliphatic carbocycles. The van der Waals surface area contributed by atoms with E-state index in [4.69, 9.17) is 10.5 Å². The molecule has 1 aromatic heterocycles. The van der Waals surface area contributed by atoms with Gasteiger partial charge in [0.25, 0.3) is 0 Å². The predicted molar refractivity (Wildman–Crippen MR) is 100 cm³/mol. The van der Waals surface area contributed by atoms with Crippen molar-refractivity contribution in [2.24, 2.45) is 0 Å². The average Bonchev–Trinajstić information content (AvgIpc) is 2.50. The first-order valence-electron chi connectivity index (χ1n) is 8.00. The summed E-state index contributed by atoms with van der Waals surface area (Å²) in [6.07, 6.45) is 1.19. The highest BCUT2D eigenvalue weighted by Gasteiger charge is 2.23. The Morgan fingerprint density at radius 3 is 2.56 bits per heavy atom. The first kappa shape index (κ1) is 18.5. The summed E-state index contributed by atoms with van der Waals surface area (Å²) < 4.78 is 5.39. The molecule has 0 radical (unpaired) electrons. The third-order valence-corrected chi connectivity index (χ3v) is 3.44. The highest BCUT2D eigenvalue weighted by molar-refractivity contribution is 5.87. The van der Waals surface area contributed by atoms with E-state index in [1.54, 1.807) is 13.2 Å². The van der Waals surface area contributed by atoms with E-state index in [1.807, 2.05) is 52.8 Å². The van der Waals surface area contributed by atoms with Gasteiger partial charge in [-0.1, -0.05) is 6.07 Å². The second kappa shape index (κ2) is 6.96. The van der Waals surface area contributed by atoms with Crippen LogP contribution in [-0.2, 0) is 4.74 Å². The first-order chi connectivity index (χ1) is 11.6. The Labute approximate surface area is 148 Å². The van der Waals surface area contributed by atoms with Gasteiger partial charge in [0.2, 0.25) is 5.95 Å². The number of aromatic nitrogens is 2. The van der Waals surface area contributed by atoms with Gasteiger partial charge in [0.15, 0.2) is 0 Å². The van der Waals surface area contributed by atoms with Gasteiger partial charge in [0, 0.05) is 30.2 Å². The summed E-state index contributed by atoms with van der Waals surface area (Å²) in [5.74, 6) is 0.859. The van der Waals surface area contributed by atoms with E-state index in [0.717, 1.165) is 16.8 Å². The summed E-state index contributed by atoms with van der Waals surface area (Å²) in [7, 11) is 1.62. The zero-order valence-electron chi connectivity index (χ0n) is 15.5. The zero-order valence-corrected chi connectivity index (χ0v) is 15.5. The van der Waals surface area contributed by atoms with E-state index in [0.29, 0.717) is 17.5 Å². The van der Waals surface area contributed by atoms with Crippen LogP contribution in [0, 0.1) is 13.8 Å². The summed E-state index contributed by atoms with van der Waals surface area (Å²) in [5, 5.41) is 3.14. The summed E-state index contributed by atoms with van der Waals surface area (Å²) in [6, 6.07) is 5.56. The first-order valence-corrected chi connectivity index (χ1v) is 8.00. The molecular formula is C18H25N5O2. The Kier molecular flexibility index (Phi) is 5.15. The van der Waals surface area contributed by atoms with Gasteiger partial charge in [-0.25, -0.2) is 9.78 Å². The Morgan fingerprint density at radius 1 is 1.24 bits per heavy atom. The summed E-state index contributed by atoms with van der Waals surface area (Å²) in [6.45, 7) is 9.26. The maximum absolute atomic E-state index is 12.3. The number of nitrogen functional groups attached to an aromatic ring is 1. The Bertz CT molecular complexity index is 784. The van der Waals surface area contributed by atoms with Crippen molar-refractivity contribution in [3.63, 3.8) is 0 Å². The summed E-state index contributed by atoms with van der Waals surface area (Å²) in [5.41, 5.74) is 8.49. The van der Waals surface area contributed by atoms with E-state index in [-0.39, 0.29) is 0 Å². The number of ether oxygens (including phenoxy) is 1. The molecular weight excluding hydrogens is 318 g/mol. The van der Waals surface area contributed by atoms with Gasteiger partial charge in [-0.2, -0.15) is 4.98 Å². The lowest BCUT2D eigenvalue weighted by Gasteiger charge is -2.25. The lowest BCUT2D eigenvalue weighted by Crippen LogP contribution is -2.35. The number of anilines is 4. The number of nitrogens with zero attached hydrogens (tertiary/aromatic N) is 3. The molecule has 7 heteroatoms. The number of nitrogens with two attached hydrogens (primary N) is 1. The molecule has 0 bridgehead atoms. The Morgan fingerprint density at radius 2 is 1.92 bits per heavy atom. The third kappa shape index (κ3) is 4.82. The molecule has 1 amide bonds. The highest BCUT2D eigenvalue weighted by atomic mass is 16.6. The zero-order chi connectivity index (χ0) is 18.8. The smallest absolute Gasteiger partial charge is 0.415 e. The standard InChI is InChI=1S/C18H25N5O2/c1-11-7-8-13(19)9-14(11)21-16-20-10-12(2)15(22-16)23(6)17(24)25-18(3,4)5/h7-10H,19H2,1-6H3,(H,20,21,22). The second-order valence-electron chi connectivity index (χ2n) is 6.94. The normalized spacial score (nSPS) is 11.1. The molecule has 0 saturated carbocycles. The van der Waals surface area contributed by atoms with Crippen molar-refractivity contribution in [2.45, 2.75) is 40.2 Å². The van der Waals surface area contributed by atoms with Crippen molar-refractivity contribution in [3.05, 3.63) is 35.5 Å². The van der Waals surface area contributed by atoms with Crippen LogP contribution < -0.4 is 16.0 Å². The van der Waals surface area contributed by atoms with Crippen molar-refractivity contribution in [1.82, 2.24) is 9.97 Å². The number of benzene rings is 1. The van der Waals surface area contributed by atoms with Gasteiger partial charge in [0.05, 0.1) is 0 Å². The molecule has 0 aliphatic heterocycles. The van der Waals surface area contributed by atoms with Crippen molar-refractivity contribution in [2.75, 3.05) is 23.0 Å². The van der Waals surface area contributed by atoms with Crippen LogP contribution in [0.4, 0.5) is 27.9 Å². The molecule has 25 heavy (non-hydrogen) atoms. The molecule has 0 aliphatic rings. The van der Waals surface area contributed by atoms with Crippen molar-refractivity contribution < 1.29 is 9.53 Å². The molecule has 2 rings (SSSR count).